The molecule has 0 aromatic heterocycles. The van der Waals surface area contributed by atoms with E-state index >= 15 is 0 Å². The molecule has 130 valence electrons. The largest absolute Gasteiger partial charge is 0.454 e. The van der Waals surface area contributed by atoms with E-state index in [0.29, 0.717) is 22.7 Å². The van der Waals surface area contributed by atoms with Crippen LogP contribution < -0.4 is 14.8 Å². The Hall–Kier alpha value is -2.47. The molecule has 0 saturated heterocycles. The summed E-state index contributed by atoms with van der Waals surface area (Å²) in [4.78, 5) is 25.2. The minimum Gasteiger partial charge on any atom is -0.454 e. The van der Waals surface area contributed by atoms with Gasteiger partial charge in [-0.25, -0.2) is 0 Å². The van der Waals surface area contributed by atoms with Crippen LogP contribution in [-0.2, 0) is 4.79 Å². The minimum absolute atomic E-state index is 0.118. The summed E-state index contributed by atoms with van der Waals surface area (Å²) < 4.78 is 10.6. The van der Waals surface area contributed by atoms with Crippen molar-refractivity contribution in [3.63, 3.8) is 0 Å². The summed E-state index contributed by atoms with van der Waals surface area (Å²) >= 11 is 1.47. The molecule has 1 amide bonds. The van der Waals surface area contributed by atoms with Crippen molar-refractivity contribution in [3.8, 4) is 11.5 Å². The second-order valence-corrected chi connectivity index (χ2v) is 6.93. The number of aryl methyl sites for hydroxylation is 2. The molecule has 0 saturated carbocycles. The number of carbonyl (C=O) groups excluding carboxylic acids is 2. The zero-order valence-electron chi connectivity index (χ0n) is 14.3. The van der Waals surface area contributed by atoms with Gasteiger partial charge in [0.1, 0.15) is 0 Å². The molecule has 0 radical (unpaired) electrons. The normalized spacial score (nSPS) is 12.1. The van der Waals surface area contributed by atoms with Crippen LogP contribution in [0.1, 0.15) is 28.4 Å². The predicted molar refractivity (Wildman–Crippen MR) is 97.8 cm³/mol. The number of nitrogens with one attached hydrogen (secondary N) is 1. The van der Waals surface area contributed by atoms with Crippen molar-refractivity contribution >= 4 is 29.1 Å². The summed E-state index contributed by atoms with van der Waals surface area (Å²) in [7, 11) is 0. The van der Waals surface area contributed by atoms with Crippen molar-refractivity contribution in [2.75, 3.05) is 17.9 Å². The molecule has 1 N–H and O–H groups in total. The Morgan fingerprint density at radius 1 is 1.12 bits per heavy atom. The standard InChI is InChI=1S/C19H19NO4S/c1-11-4-5-18(12(2)6-11)25-9-19(22)20-15-8-17-16(23-10-24-17)7-14(15)13(3)21/h4-8H,9-10H2,1-3H3,(H,20,22). The van der Waals surface area contributed by atoms with Gasteiger partial charge in [0, 0.05) is 16.5 Å². The van der Waals surface area contributed by atoms with E-state index in [0.717, 1.165) is 10.5 Å². The van der Waals surface area contributed by atoms with E-state index in [1.807, 2.05) is 26.0 Å². The number of thioether (sulfide) groups is 1. The van der Waals surface area contributed by atoms with Crippen LogP contribution in [0.15, 0.2) is 35.2 Å². The molecule has 0 unspecified atom stereocenters. The number of carbonyl (C=O) groups is 2. The highest BCUT2D eigenvalue weighted by molar-refractivity contribution is 8.00. The lowest BCUT2D eigenvalue weighted by molar-refractivity contribution is -0.113. The lowest BCUT2D eigenvalue weighted by atomic mass is 10.1. The number of benzene rings is 2. The Morgan fingerprint density at radius 2 is 1.84 bits per heavy atom. The molecule has 0 aliphatic carbocycles. The SMILES string of the molecule is CC(=O)c1cc2c(cc1NC(=O)CSc1ccc(C)cc1C)OCO2. The van der Waals surface area contributed by atoms with Gasteiger partial charge in [-0.05, 0) is 38.5 Å². The zero-order chi connectivity index (χ0) is 18.0. The van der Waals surface area contributed by atoms with E-state index in [4.69, 9.17) is 9.47 Å². The van der Waals surface area contributed by atoms with Gasteiger partial charge < -0.3 is 14.8 Å². The molecule has 1 aliphatic heterocycles. The zero-order valence-corrected chi connectivity index (χ0v) is 15.2. The van der Waals surface area contributed by atoms with E-state index in [2.05, 4.69) is 11.4 Å². The average Bonchev–Trinajstić information content (AvgIpc) is 3.00. The molecule has 2 aromatic rings. The Bertz CT molecular complexity index is 848. The van der Waals surface area contributed by atoms with Gasteiger partial charge in [-0.2, -0.15) is 0 Å². The molecule has 6 heteroatoms. The Balaban J connectivity index is 1.71. The number of rotatable bonds is 5. The third-order valence-electron chi connectivity index (χ3n) is 3.86. The summed E-state index contributed by atoms with van der Waals surface area (Å²) in [5.41, 5.74) is 3.19. The molecule has 1 aliphatic rings. The molecule has 0 spiro atoms. The molecule has 0 fully saturated rings. The van der Waals surface area contributed by atoms with Gasteiger partial charge in [0.05, 0.1) is 11.4 Å². The van der Waals surface area contributed by atoms with Crippen molar-refractivity contribution in [3.05, 3.63) is 47.0 Å². The molecule has 1 heterocycles. The van der Waals surface area contributed by atoms with Gasteiger partial charge >= 0.3 is 0 Å². The molecule has 25 heavy (non-hydrogen) atoms. The number of fused-ring (bicyclic) bond motifs is 1. The highest BCUT2D eigenvalue weighted by atomic mass is 32.2. The van der Waals surface area contributed by atoms with Gasteiger partial charge in [0.15, 0.2) is 17.3 Å². The Kier molecular flexibility index (Phi) is 4.99. The van der Waals surface area contributed by atoms with Crippen molar-refractivity contribution < 1.29 is 19.1 Å². The van der Waals surface area contributed by atoms with Crippen molar-refractivity contribution in [2.24, 2.45) is 0 Å². The number of amides is 1. The molecule has 0 atom stereocenters. The van der Waals surface area contributed by atoms with Gasteiger partial charge in [0.2, 0.25) is 12.7 Å². The maximum Gasteiger partial charge on any atom is 0.234 e. The minimum atomic E-state index is -0.175. The lowest BCUT2D eigenvalue weighted by Gasteiger charge is -2.11. The van der Waals surface area contributed by atoms with Crippen LogP contribution in [0.4, 0.5) is 5.69 Å². The van der Waals surface area contributed by atoms with Gasteiger partial charge in [-0.3, -0.25) is 9.59 Å². The van der Waals surface area contributed by atoms with Crippen LogP contribution in [0.5, 0.6) is 11.5 Å². The first-order valence-corrected chi connectivity index (χ1v) is 8.87. The number of anilines is 1. The second-order valence-electron chi connectivity index (χ2n) is 5.91. The first-order chi connectivity index (χ1) is 11.9. The molecule has 3 rings (SSSR count). The number of ether oxygens (including phenoxy) is 2. The number of Topliss-reactive ketones (excluding diaryl/α,β-unsaturated/α-hetero) is 1. The van der Waals surface area contributed by atoms with E-state index in [1.165, 1.54) is 24.2 Å². The van der Waals surface area contributed by atoms with Crippen LogP contribution in [0, 0.1) is 13.8 Å². The van der Waals surface area contributed by atoms with Crippen molar-refractivity contribution in [1.29, 1.82) is 0 Å². The fourth-order valence-corrected chi connectivity index (χ4v) is 3.44. The van der Waals surface area contributed by atoms with Gasteiger partial charge in [-0.1, -0.05) is 17.7 Å². The maximum atomic E-state index is 12.3. The van der Waals surface area contributed by atoms with Crippen LogP contribution in [0.25, 0.3) is 0 Å². The first kappa shape index (κ1) is 17.4. The lowest BCUT2D eigenvalue weighted by Crippen LogP contribution is -2.16. The van der Waals surface area contributed by atoms with E-state index in [1.54, 1.807) is 12.1 Å². The molecular weight excluding hydrogens is 338 g/mol. The van der Waals surface area contributed by atoms with Gasteiger partial charge in [-0.15, -0.1) is 11.8 Å². The maximum absolute atomic E-state index is 12.3. The highest BCUT2D eigenvalue weighted by Gasteiger charge is 2.20. The summed E-state index contributed by atoms with van der Waals surface area (Å²) in [5.74, 6) is 0.993. The van der Waals surface area contributed by atoms with E-state index in [9.17, 15) is 9.59 Å². The summed E-state index contributed by atoms with van der Waals surface area (Å²) in [6.07, 6.45) is 0. The van der Waals surface area contributed by atoms with Crippen molar-refractivity contribution in [1.82, 2.24) is 0 Å². The third kappa shape index (κ3) is 3.96. The second kappa shape index (κ2) is 7.19. The molecular formula is C19H19NO4S. The number of hydrogen-bond donors (Lipinski definition) is 1. The third-order valence-corrected chi connectivity index (χ3v) is 5.03. The summed E-state index contributed by atoms with van der Waals surface area (Å²) in [6, 6.07) is 9.38. The number of hydrogen-bond acceptors (Lipinski definition) is 5. The number of ketones is 1. The van der Waals surface area contributed by atoms with Crippen molar-refractivity contribution in [2.45, 2.75) is 25.7 Å². The average molecular weight is 357 g/mol. The smallest absolute Gasteiger partial charge is 0.234 e. The Morgan fingerprint density at radius 3 is 2.52 bits per heavy atom. The molecule has 0 bridgehead atoms. The fraction of sp³-hybridized carbons (Fsp3) is 0.263. The van der Waals surface area contributed by atoms with Crippen LogP contribution in [0.2, 0.25) is 0 Å². The molecule has 2 aromatic carbocycles. The van der Waals surface area contributed by atoms with Crippen LogP contribution in [0.3, 0.4) is 0 Å². The highest BCUT2D eigenvalue weighted by Crippen LogP contribution is 2.37. The van der Waals surface area contributed by atoms with Crippen LogP contribution in [-0.4, -0.2) is 24.2 Å². The van der Waals surface area contributed by atoms with Crippen LogP contribution >= 0.6 is 11.8 Å². The van der Waals surface area contributed by atoms with Gasteiger partial charge in [0.25, 0.3) is 0 Å². The topological polar surface area (TPSA) is 64.6 Å². The van der Waals surface area contributed by atoms with E-state index in [-0.39, 0.29) is 24.2 Å². The quantitative estimate of drug-likeness (QED) is 0.648. The monoisotopic (exact) mass is 357 g/mol. The predicted octanol–water partition coefficient (Wildman–Crippen LogP) is 3.97. The molecule has 5 nitrogen and oxygen atoms in total. The van der Waals surface area contributed by atoms with E-state index < -0.39 is 0 Å². The fourth-order valence-electron chi connectivity index (χ4n) is 2.63. The summed E-state index contributed by atoms with van der Waals surface area (Å²) in [6.45, 7) is 5.64. The first-order valence-electron chi connectivity index (χ1n) is 7.88. The Labute approximate surface area is 150 Å². The summed E-state index contributed by atoms with van der Waals surface area (Å²) in [5, 5.41) is 2.81.